The maximum absolute atomic E-state index is 12.3. The van der Waals surface area contributed by atoms with Crippen molar-refractivity contribution in [3.63, 3.8) is 0 Å². The van der Waals surface area contributed by atoms with Crippen molar-refractivity contribution in [3.8, 4) is 5.75 Å². The second kappa shape index (κ2) is 6.86. The number of carbonyl (C=O) groups excluding carboxylic acids is 1. The summed E-state index contributed by atoms with van der Waals surface area (Å²) in [7, 11) is 1.59. The van der Waals surface area contributed by atoms with Crippen molar-refractivity contribution in [3.05, 3.63) is 71.4 Å². The molecular formula is C19H19NO4. The standard InChI is InChI=1S/C19H19NO4/c1-24-15-9-7-13(8-10-15)11-16-17(21)18(22)19(23)20(16)12-14-5-3-2-4-6-14/h2-11,17-18,21-22H,12H2,1H3/b16-11+/t17-,18+/m0/s1. The van der Waals surface area contributed by atoms with Gasteiger partial charge in [0.05, 0.1) is 19.4 Å². The highest BCUT2D eigenvalue weighted by molar-refractivity contribution is 5.88. The van der Waals surface area contributed by atoms with Crippen molar-refractivity contribution in [1.29, 1.82) is 0 Å². The molecule has 0 saturated carbocycles. The molecule has 0 spiro atoms. The van der Waals surface area contributed by atoms with Crippen molar-refractivity contribution in [2.24, 2.45) is 0 Å². The maximum atomic E-state index is 12.3. The van der Waals surface area contributed by atoms with Crippen LogP contribution in [0, 0.1) is 0 Å². The smallest absolute Gasteiger partial charge is 0.259 e. The SMILES string of the molecule is COc1ccc(/C=C2\[C@H](O)[C@@H](O)C(=O)N2Cc2ccccc2)cc1. The van der Waals surface area contributed by atoms with Crippen LogP contribution in [0.15, 0.2) is 60.3 Å². The maximum Gasteiger partial charge on any atom is 0.259 e. The molecule has 124 valence electrons. The Morgan fingerprint density at radius 3 is 2.33 bits per heavy atom. The molecule has 5 heteroatoms. The molecule has 0 radical (unpaired) electrons. The van der Waals surface area contributed by atoms with Gasteiger partial charge in [-0.1, -0.05) is 42.5 Å². The summed E-state index contributed by atoms with van der Waals surface area (Å²) in [6.07, 6.45) is -0.956. The van der Waals surface area contributed by atoms with Crippen LogP contribution in [-0.2, 0) is 11.3 Å². The van der Waals surface area contributed by atoms with Crippen LogP contribution in [-0.4, -0.2) is 40.3 Å². The minimum Gasteiger partial charge on any atom is -0.497 e. The molecule has 1 heterocycles. The summed E-state index contributed by atoms with van der Waals surface area (Å²) in [5.74, 6) is 0.229. The predicted octanol–water partition coefficient (Wildman–Crippen LogP) is 1.80. The molecule has 2 atom stereocenters. The zero-order chi connectivity index (χ0) is 17.1. The second-order valence-electron chi connectivity index (χ2n) is 5.64. The normalized spacial score (nSPS) is 22.2. The molecule has 2 aromatic rings. The number of ether oxygens (including phenoxy) is 1. The van der Waals surface area contributed by atoms with Gasteiger partial charge >= 0.3 is 0 Å². The van der Waals surface area contributed by atoms with Gasteiger partial charge in [0.25, 0.3) is 5.91 Å². The van der Waals surface area contributed by atoms with Gasteiger partial charge in [-0.3, -0.25) is 4.79 Å². The molecule has 2 N–H and O–H groups in total. The van der Waals surface area contributed by atoms with E-state index in [1.807, 2.05) is 42.5 Å². The van der Waals surface area contributed by atoms with Gasteiger partial charge in [0.15, 0.2) is 6.10 Å². The first-order valence-corrected chi connectivity index (χ1v) is 7.67. The lowest BCUT2D eigenvalue weighted by molar-refractivity contribution is -0.135. The third kappa shape index (κ3) is 3.18. The van der Waals surface area contributed by atoms with Crippen LogP contribution in [0.2, 0.25) is 0 Å². The predicted molar refractivity (Wildman–Crippen MR) is 90.0 cm³/mol. The van der Waals surface area contributed by atoms with Gasteiger partial charge in [-0.15, -0.1) is 0 Å². The molecule has 1 aliphatic rings. The van der Waals surface area contributed by atoms with Crippen LogP contribution in [0.25, 0.3) is 6.08 Å². The first-order valence-electron chi connectivity index (χ1n) is 7.67. The van der Waals surface area contributed by atoms with Crippen LogP contribution in [0.5, 0.6) is 5.75 Å². The molecule has 0 bridgehead atoms. The largest absolute Gasteiger partial charge is 0.497 e. The first kappa shape index (κ1) is 16.2. The minimum absolute atomic E-state index is 0.301. The van der Waals surface area contributed by atoms with Crippen LogP contribution < -0.4 is 4.74 Å². The molecule has 2 aromatic carbocycles. The second-order valence-corrected chi connectivity index (χ2v) is 5.64. The number of benzene rings is 2. The highest BCUT2D eigenvalue weighted by Gasteiger charge is 2.42. The molecule has 0 aromatic heterocycles. The van der Waals surface area contributed by atoms with Crippen LogP contribution in [0.4, 0.5) is 0 Å². The summed E-state index contributed by atoms with van der Waals surface area (Å²) in [6, 6.07) is 16.7. The molecule has 1 aliphatic heterocycles. The topological polar surface area (TPSA) is 70.0 Å². The van der Waals surface area contributed by atoms with Gasteiger partial charge in [0.1, 0.15) is 11.9 Å². The Labute approximate surface area is 140 Å². The average molecular weight is 325 g/mol. The van der Waals surface area contributed by atoms with Crippen LogP contribution >= 0.6 is 0 Å². The number of likely N-dealkylation sites (tertiary alicyclic amines) is 1. The Balaban J connectivity index is 1.92. The number of aliphatic hydroxyl groups is 2. The zero-order valence-corrected chi connectivity index (χ0v) is 13.3. The van der Waals surface area contributed by atoms with Crippen molar-refractivity contribution in [1.82, 2.24) is 4.90 Å². The number of aliphatic hydroxyl groups excluding tert-OH is 2. The van der Waals surface area contributed by atoms with Gasteiger partial charge in [-0.2, -0.15) is 0 Å². The Hall–Kier alpha value is -2.63. The van der Waals surface area contributed by atoms with Crippen LogP contribution in [0.1, 0.15) is 11.1 Å². The molecular weight excluding hydrogens is 306 g/mol. The summed E-state index contributed by atoms with van der Waals surface area (Å²) in [5.41, 5.74) is 2.12. The van der Waals surface area contributed by atoms with Crippen molar-refractivity contribution < 1.29 is 19.7 Å². The first-order chi connectivity index (χ1) is 11.6. The van der Waals surface area contributed by atoms with Crippen molar-refractivity contribution in [2.75, 3.05) is 7.11 Å². The number of carbonyl (C=O) groups is 1. The van der Waals surface area contributed by atoms with Gasteiger partial charge in [0, 0.05) is 0 Å². The summed E-state index contributed by atoms with van der Waals surface area (Å²) in [5, 5.41) is 20.2. The quantitative estimate of drug-likeness (QED) is 0.899. The molecule has 1 saturated heterocycles. The van der Waals surface area contributed by atoms with Gasteiger partial charge in [0.2, 0.25) is 0 Å². The van der Waals surface area contributed by atoms with E-state index in [4.69, 9.17) is 4.74 Å². The summed E-state index contributed by atoms with van der Waals surface area (Å²) >= 11 is 0. The van der Waals surface area contributed by atoms with Crippen LogP contribution in [0.3, 0.4) is 0 Å². The van der Waals surface area contributed by atoms with E-state index in [9.17, 15) is 15.0 Å². The molecule has 3 rings (SSSR count). The number of hydrogen-bond donors (Lipinski definition) is 2. The van der Waals surface area contributed by atoms with E-state index < -0.39 is 18.1 Å². The number of rotatable bonds is 4. The fourth-order valence-corrected chi connectivity index (χ4v) is 2.71. The summed E-state index contributed by atoms with van der Waals surface area (Å²) in [6.45, 7) is 0.301. The van der Waals surface area contributed by atoms with E-state index in [2.05, 4.69) is 0 Å². The van der Waals surface area contributed by atoms with Gasteiger partial charge in [-0.25, -0.2) is 0 Å². The molecule has 1 amide bonds. The molecule has 1 fully saturated rings. The zero-order valence-electron chi connectivity index (χ0n) is 13.3. The molecule has 5 nitrogen and oxygen atoms in total. The lowest BCUT2D eigenvalue weighted by Gasteiger charge is -2.19. The summed E-state index contributed by atoms with van der Waals surface area (Å²) < 4.78 is 5.12. The lowest BCUT2D eigenvalue weighted by atomic mass is 10.1. The Bertz CT molecular complexity index is 740. The molecule has 0 unspecified atom stereocenters. The molecule has 24 heavy (non-hydrogen) atoms. The number of hydrogen-bond acceptors (Lipinski definition) is 4. The van der Waals surface area contributed by atoms with E-state index in [0.717, 1.165) is 16.9 Å². The Morgan fingerprint density at radius 2 is 1.71 bits per heavy atom. The van der Waals surface area contributed by atoms with Crippen molar-refractivity contribution >= 4 is 12.0 Å². The van der Waals surface area contributed by atoms with E-state index in [-0.39, 0.29) is 0 Å². The van der Waals surface area contributed by atoms with E-state index in [1.165, 1.54) is 4.90 Å². The third-order valence-corrected chi connectivity index (χ3v) is 4.05. The average Bonchev–Trinajstić information content (AvgIpc) is 2.81. The fourth-order valence-electron chi connectivity index (χ4n) is 2.71. The van der Waals surface area contributed by atoms with Gasteiger partial charge < -0.3 is 19.8 Å². The number of amides is 1. The highest BCUT2D eigenvalue weighted by atomic mass is 16.5. The van der Waals surface area contributed by atoms with E-state index in [1.54, 1.807) is 25.3 Å². The van der Waals surface area contributed by atoms with E-state index in [0.29, 0.717) is 12.2 Å². The Morgan fingerprint density at radius 1 is 1.04 bits per heavy atom. The van der Waals surface area contributed by atoms with Crippen molar-refractivity contribution in [2.45, 2.75) is 18.8 Å². The lowest BCUT2D eigenvalue weighted by Crippen LogP contribution is -2.29. The van der Waals surface area contributed by atoms with Gasteiger partial charge in [-0.05, 0) is 29.3 Å². The fraction of sp³-hybridized carbons (Fsp3) is 0.211. The number of nitrogens with zero attached hydrogens (tertiary/aromatic N) is 1. The minimum atomic E-state index is -1.43. The molecule has 0 aliphatic carbocycles. The highest BCUT2D eigenvalue weighted by Crippen LogP contribution is 2.28. The van der Waals surface area contributed by atoms with E-state index >= 15 is 0 Å². The third-order valence-electron chi connectivity index (χ3n) is 4.05. The number of methoxy groups -OCH3 is 1. The summed E-state index contributed by atoms with van der Waals surface area (Å²) in [4.78, 5) is 13.7. The Kier molecular flexibility index (Phi) is 4.64. The monoisotopic (exact) mass is 325 g/mol.